The summed E-state index contributed by atoms with van der Waals surface area (Å²) >= 11 is 0. The van der Waals surface area contributed by atoms with Gasteiger partial charge in [0.25, 0.3) is 5.56 Å². The first-order valence-corrected chi connectivity index (χ1v) is 6.02. The number of H-pyrrole nitrogens is 1. The standard InChI is InChI=1S/C12H16N2O2/c15-11-3-4-14(12(16)13-11)7-10-6-8-1-2-9(10)5-8/h3-4,8-10H,1-2,5-7H2,(H,13,15,16). The Hall–Kier alpha value is -1.32. The van der Waals surface area contributed by atoms with Gasteiger partial charge in [-0.1, -0.05) is 6.42 Å². The highest BCUT2D eigenvalue weighted by atomic mass is 16.2. The number of nitrogens with zero attached hydrogens (tertiary/aromatic N) is 1. The Morgan fingerprint density at radius 1 is 1.31 bits per heavy atom. The third-order valence-corrected chi connectivity index (χ3v) is 4.21. The van der Waals surface area contributed by atoms with E-state index in [-0.39, 0.29) is 11.2 Å². The van der Waals surface area contributed by atoms with Crippen LogP contribution in [0.2, 0.25) is 0 Å². The van der Waals surface area contributed by atoms with E-state index in [9.17, 15) is 9.59 Å². The van der Waals surface area contributed by atoms with Crippen LogP contribution in [0.25, 0.3) is 0 Å². The molecule has 0 radical (unpaired) electrons. The van der Waals surface area contributed by atoms with E-state index >= 15 is 0 Å². The van der Waals surface area contributed by atoms with Crippen molar-refractivity contribution in [1.29, 1.82) is 0 Å². The van der Waals surface area contributed by atoms with E-state index in [4.69, 9.17) is 0 Å². The normalized spacial score (nSPS) is 32.1. The number of nitrogens with one attached hydrogen (secondary N) is 1. The molecule has 2 aliphatic rings. The van der Waals surface area contributed by atoms with Gasteiger partial charge in [-0.2, -0.15) is 0 Å². The molecule has 1 heterocycles. The second-order valence-corrected chi connectivity index (χ2v) is 5.20. The molecule has 3 unspecified atom stereocenters. The van der Waals surface area contributed by atoms with E-state index < -0.39 is 0 Å². The van der Waals surface area contributed by atoms with Crippen molar-refractivity contribution >= 4 is 0 Å². The van der Waals surface area contributed by atoms with Gasteiger partial charge in [0.2, 0.25) is 0 Å². The van der Waals surface area contributed by atoms with E-state index in [1.807, 2.05) is 0 Å². The van der Waals surface area contributed by atoms with Crippen LogP contribution in [0.15, 0.2) is 21.9 Å². The molecule has 3 atom stereocenters. The lowest BCUT2D eigenvalue weighted by atomic mass is 9.89. The molecule has 2 saturated carbocycles. The number of hydrogen-bond donors (Lipinski definition) is 1. The minimum absolute atomic E-state index is 0.268. The van der Waals surface area contributed by atoms with Gasteiger partial charge in [0, 0.05) is 18.8 Å². The van der Waals surface area contributed by atoms with Crippen LogP contribution in [0, 0.1) is 17.8 Å². The first kappa shape index (κ1) is 9.87. The quantitative estimate of drug-likeness (QED) is 0.807. The van der Waals surface area contributed by atoms with Crippen LogP contribution in [0.4, 0.5) is 0 Å². The lowest BCUT2D eigenvalue weighted by Crippen LogP contribution is -2.31. The summed E-state index contributed by atoms with van der Waals surface area (Å²) in [5, 5.41) is 0. The van der Waals surface area contributed by atoms with Crippen molar-refractivity contribution in [2.45, 2.75) is 32.2 Å². The summed E-state index contributed by atoms with van der Waals surface area (Å²) in [5.41, 5.74) is -0.579. The van der Waals surface area contributed by atoms with Crippen molar-refractivity contribution < 1.29 is 0 Å². The molecular formula is C12H16N2O2. The average molecular weight is 220 g/mol. The molecule has 0 aromatic carbocycles. The predicted molar refractivity (Wildman–Crippen MR) is 60.3 cm³/mol. The van der Waals surface area contributed by atoms with Gasteiger partial charge in [-0.05, 0) is 37.0 Å². The molecular weight excluding hydrogens is 204 g/mol. The molecule has 0 spiro atoms. The van der Waals surface area contributed by atoms with Gasteiger partial charge in [0.1, 0.15) is 0 Å². The smallest absolute Gasteiger partial charge is 0.300 e. The zero-order valence-corrected chi connectivity index (χ0v) is 9.19. The monoisotopic (exact) mass is 220 g/mol. The second kappa shape index (κ2) is 3.61. The van der Waals surface area contributed by atoms with E-state index in [2.05, 4.69) is 4.98 Å². The molecule has 2 bridgehead atoms. The number of fused-ring (bicyclic) bond motifs is 2. The highest BCUT2D eigenvalue weighted by molar-refractivity contribution is 4.91. The van der Waals surface area contributed by atoms with Crippen LogP contribution < -0.4 is 11.2 Å². The van der Waals surface area contributed by atoms with Crippen LogP contribution in [-0.4, -0.2) is 9.55 Å². The molecule has 1 aromatic heterocycles. The molecule has 4 nitrogen and oxygen atoms in total. The molecule has 1 N–H and O–H groups in total. The molecule has 1 aromatic rings. The van der Waals surface area contributed by atoms with Gasteiger partial charge < -0.3 is 4.57 Å². The predicted octanol–water partition coefficient (Wildman–Crippen LogP) is 0.973. The van der Waals surface area contributed by atoms with E-state index in [0.717, 1.165) is 18.4 Å². The topological polar surface area (TPSA) is 54.9 Å². The molecule has 0 aliphatic heterocycles. The van der Waals surface area contributed by atoms with Gasteiger partial charge in [-0.25, -0.2) is 4.79 Å². The summed E-state index contributed by atoms with van der Waals surface area (Å²) in [6.45, 7) is 0.775. The van der Waals surface area contributed by atoms with Crippen LogP contribution >= 0.6 is 0 Å². The third-order valence-electron chi connectivity index (χ3n) is 4.21. The number of aromatic amines is 1. The Labute approximate surface area is 93.3 Å². The van der Waals surface area contributed by atoms with Crippen LogP contribution in [-0.2, 0) is 6.54 Å². The summed E-state index contributed by atoms with van der Waals surface area (Å²) in [6, 6.07) is 1.43. The lowest BCUT2D eigenvalue weighted by Gasteiger charge is -2.21. The Bertz CT molecular complexity index is 502. The first-order chi connectivity index (χ1) is 7.72. The van der Waals surface area contributed by atoms with Crippen molar-refractivity contribution in [3.05, 3.63) is 33.1 Å². The van der Waals surface area contributed by atoms with Gasteiger partial charge in [-0.15, -0.1) is 0 Å². The van der Waals surface area contributed by atoms with Crippen molar-refractivity contribution in [2.24, 2.45) is 17.8 Å². The van der Waals surface area contributed by atoms with Crippen molar-refractivity contribution in [2.75, 3.05) is 0 Å². The Morgan fingerprint density at radius 3 is 2.81 bits per heavy atom. The van der Waals surface area contributed by atoms with E-state index in [1.54, 1.807) is 10.8 Å². The molecule has 3 rings (SSSR count). The van der Waals surface area contributed by atoms with Crippen molar-refractivity contribution in [1.82, 2.24) is 9.55 Å². The average Bonchev–Trinajstić information content (AvgIpc) is 2.84. The zero-order valence-electron chi connectivity index (χ0n) is 9.19. The fraction of sp³-hybridized carbons (Fsp3) is 0.667. The Kier molecular flexibility index (Phi) is 2.23. The van der Waals surface area contributed by atoms with Crippen molar-refractivity contribution in [3.63, 3.8) is 0 Å². The lowest BCUT2D eigenvalue weighted by molar-refractivity contribution is 0.291. The molecule has 0 saturated heterocycles. The molecule has 4 heteroatoms. The maximum atomic E-state index is 11.5. The highest BCUT2D eigenvalue weighted by Gasteiger charge is 2.39. The van der Waals surface area contributed by atoms with Crippen LogP contribution in [0.3, 0.4) is 0 Å². The van der Waals surface area contributed by atoms with Gasteiger partial charge in [0.05, 0.1) is 0 Å². The fourth-order valence-electron chi connectivity index (χ4n) is 3.44. The number of aromatic nitrogens is 2. The van der Waals surface area contributed by atoms with Gasteiger partial charge in [-0.3, -0.25) is 9.78 Å². The molecule has 2 fully saturated rings. The van der Waals surface area contributed by atoms with Crippen LogP contribution in [0.5, 0.6) is 0 Å². The summed E-state index contributed by atoms with van der Waals surface area (Å²) < 4.78 is 1.65. The summed E-state index contributed by atoms with van der Waals surface area (Å²) in [4.78, 5) is 24.8. The highest BCUT2D eigenvalue weighted by Crippen LogP contribution is 2.48. The van der Waals surface area contributed by atoms with Crippen LogP contribution in [0.1, 0.15) is 25.7 Å². The minimum Gasteiger partial charge on any atom is -0.300 e. The SMILES string of the molecule is O=c1ccn(CC2CC3CCC2C3)c(=O)[nH]1. The van der Waals surface area contributed by atoms with E-state index in [0.29, 0.717) is 5.92 Å². The summed E-state index contributed by atoms with van der Waals surface area (Å²) in [6.07, 6.45) is 6.93. The fourth-order valence-corrected chi connectivity index (χ4v) is 3.44. The molecule has 86 valence electrons. The van der Waals surface area contributed by atoms with E-state index in [1.165, 1.54) is 31.7 Å². The summed E-state index contributed by atoms with van der Waals surface area (Å²) in [7, 11) is 0. The molecule has 16 heavy (non-hydrogen) atoms. The summed E-state index contributed by atoms with van der Waals surface area (Å²) in [5.74, 6) is 2.35. The third kappa shape index (κ3) is 1.62. The zero-order chi connectivity index (χ0) is 11.1. The maximum absolute atomic E-state index is 11.5. The molecule has 2 aliphatic carbocycles. The second-order valence-electron chi connectivity index (χ2n) is 5.20. The first-order valence-electron chi connectivity index (χ1n) is 6.02. The Balaban J connectivity index is 1.79. The Morgan fingerprint density at radius 2 is 2.19 bits per heavy atom. The minimum atomic E-state index is -0.311. The van der Waals surface area contributed by atoms with Crippen molar-refractivity contribution in [3.8, 4) is 0 Å². The largest absolute Gasteiger partial charge is 0.328 e. The molecule has 0 amide bonds. The van der Waals surface area contributed by atoms with Gasteiger partial charge in [0.15, 0.2) is 0 Å². The van der Waals surface area contributed by atoms with Gasteiger partial charge >= 0.3 is 5.69 Å². The number of hydrogen-bond acceptors (Lipinski definition) is 2. The number of rotatable bonds is 2. The maximum Gasteiger partial charge on any atom is 0.328 e.